The number of imidazole rings is 1. The molecule has 0 saturated carbocycles. The topological polar surface area (TPSA) is 55.1 Å². The molecule has 0 fully saturated rings. The minimum atomic E-state index is -0.728. The summed E-state index contributed by atoms with van der Waals surface area (Å²) < 4.78 is 1.91. The predicted molar refractivity (Wildman–Crippen MR) is 51.3 cm³/mol. The van der Waals surface area contributed by atoms with Gasteiger partial charge in [-0.25, -0.2) is 4.98 Å². The van der Waals surface area contributed by atoms with Gasteiger partial charge in [0.05, 0.1) is 17.3 Å². The van der Waals surface area contributed by atoms with Crippen molar-refractivity contribution in [2.24, 2.45) is 7.05 Å². The molecule has 0 bridgehead atoms. The number of hydrogen-bond donors (Lipinski definition) is 1. The molecule has 0 saturated heterocycles. The molecule has 1 aromatic rings. The van der Waals surface area contributed by atoms with Crippen molar-refractivity contribution in [2.75, 3.05) is 0 Å². The molecule has 1 heterocycles. The summed E-state index contributed by atoms with van der Waals surface area (Å²) in [6.07, 6.45) is 2.59. The number of hydrogen-bond acceptors (Lipinski definition) is 2. The van der Waals surface area contributed by atoms with Crippen molar-refractivity contribution in [1.29, 1.82) is 0 Å². The van der Waals surface area contributed by atoms with Gasteiger partial charge in [0.25, 0.3) is 0 Å². The van der Waals surface area contributed by atoms with Gasteiger partial charge < -0.3 is 9.67 Å². The molecule has 1 atom stereocenters. The van der Waals surface area contributed by atoms with Crippen molar-refractivity contribution in [3.05, 3.63) is 17.2 Å². The largest absolute Gasteiger partial charge is 0.481 e. The molecule has 1 unspecified atom stereocenters. The Hall–Kier alpha value is -1.32. The molecule has 1 N–H and O–H groups in total. The molecule has 4 heteroatoms. The van der Waals surface area contributed by atoms with E-state index >= 15 is 0 Å². The Morgan fingerprint density at radius 3 is 3.00 bits per heavy atom. The third kappa shape index (κ3) is 1.22. The third-order valence-electron chi connectivity index (χ3n) is 2.97. The van der Waals surface area contributed by atoms with Gasteiger partial charge in [0, 0.05) is 7.05 Å². The maximum absolute atomic E-state index is 11.0. The van der Waals surface area contributed by atoms with Crippen molar-refractivity contribution in [3.8, 4) is 0 Å². The minimum absolute atomic E-state index is 0.357. The molecule has 0 radical (unpaired) electrons. The van der Waals surface area contributed by atoms with Crippen LogP contribution in [0.3, 0.4) is 0 Å². The lowest BCUT2D eigenvalue weighted by molar-refractivity contribution is -0.139. The SMILES string of the molecule is Cc1nc2c(n1C)C(C(=O)O)CCC2. The van der Waals surface area contributed by atoms with Crippen LogP contribution in [-0.2, 0) is 18.3 Å². The summed E-state index contributed by atoms with van der Waals surface area (Å²) in [6, 6.07) is 0. The molecule has 0 aromatic carbocycles. The van der Waals surface area contributed by atoms with Crippen LogP contribution in [0.15, 0.2) is 0 Å². The van der Waals surface area contributed by atoms with Gasteiger partial charge in [-0.3, -0.25) is 4.79 Å². The highest BCUT2D eigenvalue weighted by molar-refractivity contribution is 5.76. The van der Waals surface area contributed by atoms with E-state index in [9.17, 15) is 4.79 Å². The first kappa shape index (κ1) is 9.24. The van der Waals surface area contributed by atoms with E-state index in [1.54, 1.807) is 0 Å². The zero-order valence-corrected chi connectivity index (χ0v) is 8.45. The van der Waals surface area contributed by atoms with Crippen LogP contribution >= 0.6 is 0 Å². The van der Waals surface area contributed by atoms with E-state index in [0.29, 0.717) is 0 Å². The first-order valence-electron chi connectivity index (χ1n) is 4.86. The Morgan fingerprint density at radius 2 is 2.36 bits per heavy atom. The summed E-state index contributed by atoms with van der Waals surface area (Å²) in [5.41, 5.74) is 1.88. The second kappa shape index (κ2) is 3.12. The normalized spacial score (nSPS) is 20.6. The molecular formula is C10H14N2O2. The van der Waals surface area contributed by atoms with Gasteiger partial charge >= 0.3 is 5.97 Å². The van der Waals surface area contributed by atoms with E-state index in [1.165, 1.54) is 0 Å². The number of carboxylic acids is 1. The number of aliphatic carboxylic acids is 1. The molecule has 1 aliphatic carbocycles. The van der Waals surface area contributed by atoms with Crippen molar-refractivity contribution < 1.29 is 9.90 Å². The Balaban J connectivity index is 2.52. The van der Waals surface area contributed by atoms with Gasteiger partial charge in [-0.05, 0) is 26.2 Å². The van der Waals surface area contributed by atoms with Gasteiger partial charge in [0.1, 0.15) is 5.82 Å². The van der Waals surface area contributed by atoms with Gasteiger partial charge in [-0.15, -0.1) is 0 Å². The number of fused-ring (bicyclic) bond motifs is 1. The summed E-state index contributed by atoms with van der Waals surface area (Å²) in [4.78, 5) is 15.4. The molecule has 0 aliphatic heterocycles. The average Bonchev–Trinajstić information content (AvgIpc) is 2.43. The summed E-state index contributed by atoms with van der Waals surface area (Å²) in [5.74, 6) is -0.179. The summed E-state index contributed by atoms with van der Waals surface area (Å²) in [7, 11) is 1.89. The summed E-state index contributed by atoms with van der Waals surface area (Å²) in [6.45, 7) is 1.91. The zero-order valence-electron chi connectivity index (χ0n) is 8.45. The lowest BCUT2D eigenvalue weighted by atomic mass is 9.90. The quantitative estimate of drug-likeness (QED) is 0.731. The minimum Gasteiger partial charge on any atom is -0.481 e. The van der Waals surface area contributed by atoms with Crippen LogP contribution in [0.4, 0.5) is 0 Å². The van der Waals surface area contributed by atoms with E-state index in [4.69, 9.17) is 5.11 Å². The number of aromatic nitrogens is 2. The van der Waals surface area contributed by atoms with Crippen LogP contribution < -0.4 is 0 Å². The molecule has 14 heavy (non-hydrogen) atoms. The van der Waals surface area contributed by atoms with Gasteiger partial charge in [0.2, 0.25) is 0 Å². The van der Waals surface area contributed by atoms with E-state index in [2.05, 4.69) is 4.98 Å². The van der Waals surface area contributed by atoms with Crippen molar-refractivity contribution >= 4 is 5.97 Å². The van der Waals surface area contributed by atoms with E-state index < -0.39 is 5.97 Å². The molecule has 2 rings (SSSR count). The van der Waals surface area contributed by atoms with Gasteiger partial charge in [-0.2, -0.15) is 0 Å². The van der Waals surface area contributed by atoms with Gasteiger partial charge in [-0.1, -0.05) is 0 Å². The third-order valence-corrected chi connectivity index (χ3v) is 2.97. The van der Waals surface area contributed by atoms with E-state index in [0.717, 1.165) is 36.5 Å². The van der Waals surface area contributed by atoms with E-state index in [1.807, 2.05) is 18.5 Å². The fourth-order valence-corrected chi connectivity index (χ4v) is 2.17. The van der Waals surface area contributed by atoms with Gasteiger partial charge in [0.15, 0.2) is 0 Å². The van der Waals surface area contributed by atoms with E-state index in [-0.39, 0.29) is 5.92 Å². The van der Waals surface area contributed by atoms with Crippen LogP contribution in [0.2, 0.25) is 0 Å². The van der Waals surface area contributed by atoms with Crippen LogP contribution in [0.5, 0.6) is 0 Å². The molecule has 1 aromatic heterocycles. The summed E-state index contributed by atoms with van der Waals surface area (Å²) in [5, 5.41) is 9.08. The fourth-order valence-electron chi connectivity index (χ4n) is 2.17. The first-order valence-corrected chi connectivity index (χ1v) is 4.86. The van der Waals surface area contributed by atoms with Crippen molar-refractivity contribution in [3.63, 3.8) is 0 Å². The maximum atomic E-state index is 11.0. The number of carbonyl (C=O) groups is 1. The molecule has 0 spiro atoms. The average molecular weight is 194 g/mol. The lowest BCUT2D eigenvalue weighted by Gasteiger charge is -2.19. The summed E-state index contributed by atoms with van der Waals surface area (Å²) >= 11 is 0. The van der Waals surface area contributed by atoms with Crippen LogP contribution in [0.1, 0.15) is 36.0 Å². The zero-order chi connectivity index (χ0) is 10.3. The monoisotopic (exact) mass is 194 g/mol. The van der Waals surface area contributed by atoms with Crippen LogP contribution in [0.25, 0.3) is 0 Å². The number of carboxylic acid groups (broad SMARTS) is 1. The molecule has 0 amide bonds. The Labute approximate surface area is 82.6 Å². The highest BCUT2D eigenvalue weighted by Crippen LogP contribution is 2.31. The smallest absolute Gasteiger partial charge is 0.312 e. The van der Waals surface area contributed by atoms with Crippen molar-refractivity contribution in [2.45, 2.75) is 32.1 Å². The number of rotatable bonds is 1. The second-order valence-electron chi connectivity index (χ2n) is 3.83. The maximum Gasteiger partial charge on any atom is 0.312 e. The lowest BCUT2D eigenvalue weighted by Crippen LogP contribution is -2.20. The Morgan fingerprint density at radius 1 is 1.64 bits per heavy atom. The standard InChI is InChI=1S/C10H14N2O2/c1-6-11-8-5-3-4-7(10(13)14)9(8)12(6)2/h7H,3-5H2,1-2H3,(H,13,14). The molecule has 4 nitrogen and oxygen atoms in total. The number of nitrogens with zero attached hydrogens (tertiary/aromatic N) is 2. The molecular weight excluding hydrogens is 180 g/mol. The Kier molecular flexibility index (Phi) is 2.06. The predicted octanol–water partition coefficient (Wildman–Crippen LogP) is 1.23. The molecule has 1 aliphatic rings. The first-order chi connectivity index (χ1) is 6.61. The highest BCUT2D eigenvalue weighted by Gasteiger charge is 2.30. The molecule has 76 valence electrons. The fraction of sp³-hybridized carbons (Fsp3) is 0.600. The van der Waals surface area contributed by atoms with Crippen LogP contribution in [0, 0.1) is 6.92 Å². The number of aryl methyl sites for hydroxylation is 2. The van der Waals surface area contributed by atoms with Crippen molar-refractivity contribution in [1.82, 2.24) is 9.55 Å². The second-order valence-corrected chi connectivity index (χ2v) is 3.83. The Bertz CT molecular complexity index is 382. The highest BCUT2D eigenvalue weighted by atomic mass is 16.4. The van der Waals surface area contributed by atoms with Crippen LogP contribution in [-0.4, -0.2) is 20.6 Å².